The van der Waals surface area contributed by atoms with Crippen molar-refractivity contribution >= 4 is 24.0 Å². The largest absolute Gasteiger partial charge is 0.406 e. The van der Waals surface area contributed by atoms with Crippen LogP contribution in [0.4, 0.5) is 18.9 Å². The molecule has 1 aromatic carbocycles. The summed E-state index contributed by atoms with van der Waals surface area (Å²) in [7, 11) is 0. The molecule has 0 atom stereocenters. The third kappa shape index (κ3) is 7.04. The second kappa shape index (κ2) is 8.56. The fraction of sp³-hybridized carbons (Fsp3) is 0.357. The Bertz CT molecular complexity index is 478. The number of alkyl halides is 3. The fourth-order valence-electron chi connectivity index (χ4n) is 1.79. The minimum absolute atomic E-state index is 0. The number of hydrogen-bond donors (Lipinski definition) is 1. The second-order valence-corrected chi connectivity index (χ2v) is 4.38. The van der Waals surface area contributed by atoms with E-state index in [-0.39, 0.29) is 25.4 Å². The van der Waals surface area contributed by atoms with Gasteiger partial charge in [0.05, 0.1) is 0 Å². The van der Waals surface area contributed by atoms with Crippen LogP contribution in [0.25, 0.3) is 0 Å². The van der Waals surface area contributed by atoms with Gasteiger partial charge >= 0.3 is 6.18 Å². The van der Waals surface area contributed by atoms with Crippen LogP contribution in [-0.2, 0) is 11.2 Å². The summed E-state index contributed by atoms with van der Waals surface area (Å²) in [6.45, 7) is 1.98. The van der Waals surface area contributed by atoms with E-state index < -0.39 is 18.6 Å². The first-order valence-corrected chi connectivity index (χ1v) is 6.12. The zero-order valence-corrected chi connectivity index (χ0v) is 12.2. The van der Waals surface area contributed by atoms with E-state index in [1.165, 1.54) is 6.08 Å². The molecule has 0 heterocycles. The summed E-state index contributed by atoms with van der Waals surface area (Å²) in [5, 5.41) is 0. The zero-order valence-electron chi connectivity index (χ0n) is 11.4. The Morgan fingerprint density at radius 3 is 2.48 bits per heavy atom. The molecule has 0 saturated carbocycles. The zero-order chi connectivity index (χ0) is 15.2. The van der Waals surface area contributed by atoms with Gasteiger partial charge in [-0.3, -0.25) is 4.79 Å². The molecule has 0 radical (unpaired) electrons. The van der Waals surface area contributed by atoms with Gasteiger partial charge in [0, 0.05) is 18.7 Å². The molecule has 0 saturated heterocycles. The smallest absolute Gasteiger partial charge is 0.399 e. The number of nitrogen functional groups attached to an aromatic ring is 1. The van der Waals surface area contributed by atoms with Crippen LogP contribution in [0.3, 0.4) is 0 Å². The van der Waals surface area contributed by atoms with Gasteiger partial charge in [-0.25, -0.2) is 0 Å². The average Bonchev–Trinajstić information content (AvgIpc) is 2.35. The molecule has 2 N–H and O–H groups in total. The SMILES string of the molecule is C=CCN(CC(F)(F)F)C(=O)CCc1ccccc1N.Cl. The van der Waals surface area contributed by atoms with Crippen molar-refractivity contribution in [1.29, 1.82) is 0 Å². The Hall–Kier alpha value is -1.69. The molecule has 0 spiro atoms. The Morgan fingerprint density at radius 1 is 1.33 bits per heavy atom. The first kappa shape index (κ1) is 19.3. The van der Waals surface area contributed by atoms with E-state index in [1.54, 1.807) is 24.3 Å². The summed E-state index contributed by atoms with van der Waals surface area (Å²) in [4.78, 5) is 12.6. The predicted molar refractivity (Wildman–Crippen MR) is 79.3 cm³/mol. The van der Waals surface area contributed by atoms with E-state index in [2.05, 4.69) is 6.58 Å². The molecule has 1 amide bonds. The molecule has 0 aliphatic heterocycles. The number of para-hydroxylation sites is 1. The minimum Gasteiger partial charge on any atom is -0.399 e. The highest BCUT2D eigenvalue weighted by Crippen LogP contribution is 2.18. The number of carbonyl (C=O) groups excluding carboxylic acids is 1. The normalized spacial score (nSPS) is 10.6. The Morgan fingerprint density at radius 2 is 1.95 bits per heavy atom. The van der Waals surface area contributed by atoms with Crippen molar-refractivity contribution in [2.45, 2.75) is 19.0 Å². The van der Waals surface area contributed by atoms with Crippen LogP contribution in [0, 0.1) is 0 Å². The van der Waals surface area contributed by atoms with Gasteiger partial charge in [0.15, 0.2) is 0 Å². The van der Waals surface area contributed by atoms with E-state index in [1.807, 2.05) is 0 Å². The molecule has 7 heteroatoms. The van der Waals surface area contributed by atoms with Crippen molar-refractivity contribution in [2.24, 2.45) is 0 Å². The van der Waals surface area contributed by atoms with E-state index >= 15 is 0 Å². The molecule has 118 valence electrons. The number of halogens is 4. The molecular formula is C14H18ClF3N2O. The lowest BCUT2D eigenvalue weighted by molar-refractivity contribution is -0.160. The van der Waals surface area contributed by atoms with Crippen molar-refractivity contribution in [2.75, 3.05) is 18.8 Å². The van der Waals surface area contributed by atoms with Gasteiger partial charge in [-0.05, 0) is 18.1 Å². The van der Waals surface area contributed by atoms with Crippen LogP contribution in [0.1, 0.15) is 12.0 Å². The molecule has 0 unspecified atom stereocenters. The predicted octanol–water partition coefficient (Wildman–Crippen LogP) is 3.20. The molecule has 0 aliphatic carbocycles. The van der Waals surface area contributed by atoms with Gasteiger partial charge in [-0.1, -0.05) is 24.3 Å². The Kier molecular flexibility index (Phi) is 7.88. The Labute approximate surface area is 128 Å². The highest BCUT2D eigenvalue weighted by molar-refractivity contribution is 5.85. The lowest BCUT2D eigenvalue weighted by Gasteiger charge is -2.22. The number of nitrogens with two attached hydrogens (primary N) is 1. The maximum atomic E-state index is 12.4. The highest BCUT2D eigenvalue weighted by atomic mass is 35.5. The summed E-state index contributed by atoms with van der Waals surface area (Å²) in [5.74, 6) is -0.564. The van der Waals surface area contributed by atoms with Crippen LogP contribution >= 0.6 is 12.4 Å². The molecule has 0 bridgehead atoms. The van der Waals surface area contributed by atoms with E-state index in [9.17, 15) is 18.0 Å². The number of nitrogens with zero attached hydrogens (tertiary/aromatic N) is 1. The van der Waals surface area contributed by atoms with Crippen molar-refractivity contribution in [1.82, 2.24) is 4.90 Å². The van der Waals surface area contributed by atoms with Crippen molar-refractivity contribution in [3.63, 3.8) is 0 Å². The van der Waals surface area contributed by atoms with Crippen molar-refractivity contribution in [3.05, 3.63) is 42.5 Å². The number of benzene rings is 1. The second-order valence-electron chi connectivity index (χ2n) is 4.38. The Balaban J connectivity index is 0.00000400. The van der Waals surface area contributed by atoms with Crippen LogP contribution in [0.15, 0.2) is 36.9 Å². The summed E-state index contributed by atoms with van der Waals surface area (Å²) in [6, 6.07) is 6.98. The first-order valence-electron chi connectivity index (χ1n) is 6.12. The quantitative estimate of drug-likeness (QED) is 0.646. The van der Waals surface area contributed by atoms with Gasteiger partial charge in [-0.2, -0.15) is 13.2 Å². The summed E-state index contributed by atoms with van der Waals surface area (Å²) in [6.07, 6.45) is -2.83. The molecule has 3 nitrogen and oxygen atoms in total. The van der Waals surface area contributed by atoms with E-state index in [0.29, 0.717) is 12.1 Å². The first-order chi connectivity index (χ1) is 9.33. The lowest BCUT2D eigenvalue weighted by Crippen LogP contribution is -2.39. The number of carbonyl (C=O) groups is 1. The maximum absolute atomic E-state index is 12.4. The number of rotatable bonds is 6. The molecule has 0 fully saturated rings. The molecule has 0 aliphatic rings. The van der Waals surface area contributed by atoms with E-state index in [0.717, 1.165) is 10.5 Å². The maximum Gasteiger partial charge on any atom is 0.406 e. The third-order valence-corrected chi connectivity index (χ3v) is 2.74. The number of aryl methyl sites for hydroxylation is 1. The lowest BCUT2D eigenvalue weighted by atomic mass is 10.1. The summed E-state index contributed by atoms with van der Waals surface area (Å²) < 4.78 is 37.1. The van der Waals surface area contributed by atoms with Crippen molar-refractivity contribution in [3.8, 4) is 0 Å². The number of amides is 1. The van der Waals surface area contributed by atoms with E-state index in [4.69, 9.17) is 5.73 Å². The highest BCUT2D eigenvalue weighted by Gasteiger charge is 2.32. The third-order valence-electron chi connectivity index (χ3n) is 2.74. The number of hydrogen-bond acceptors (Lipinski definition) is 2. The van der Waals surface area contributed by atoms with Crippen LogP contribution in [-0.4, -0.2) is 30.1 Å². The molecule has 21 heavy (non-hydrogen) atoms. The topological polar surface area (TPSA) is 46.3 Å². The molecule has 1 aromatic rings. The average molecular weight is 323 g/mol. The molecule has 0 aromatic heterocycles. The van der Waals surface area contributed by atoms with Crippen LogP contribution in [0.2, 0.25) is 0 Å². The van der Waals surface area contributed by atoms with Crippen molar-refractivity contribution < 1.29 is 18.0 Å². The molecule has 1 rings (SSSR count). The standard InChI is InChI=1S/C14H17F3N2O.ClH/c1-2-9-19(10-14(15,16)17)13(20)8-7-11-5-3-4-6-12(11)18;/h2-6H,1,7-10,18H2;1H. The monoisotopic (exact) mass is 322 g/mol. The number of anilines is 1. The fourth-order valence-corrected chi connectivity index (χ4v) is 1.79. The summed E-state index contributed by atoms with van der Waals surface area (Å²) >= 11 is 0. The molecular weight excluding hydrogens is 305 g/mol. The minimum atomic E-state index is -4.41. The van der Waals surface area contributed by atoms with Crippen LogP contribution in [0.5, 0.6) is 0 Å². The summed E-state index contributed by atoms with van der Waals surface area (Å²) in [5.41, 5.74) is 7.01. The van der Waals surface area contributed by atoms with Gasteiger partial charge in [0.25, 0.3) is 0 Å². The van der Waals surface area contributed by atoms with Gasteiger partial charge in [0.1, 0.15) is 6.54 Å². The van der Waals surface area contributed by atoms with Crippen LogP contribution < -0.4 is 5.73 Å². The van der Waals surface area contributed by atoms with Gasteiger partial charge in [-0.15, -0.1) is 19.0 Å². The van der Waals surface area contributed by atoms with Gasteiger partial charge < -0.3 is 10.6 Å². The van der Waals surface area contributed by atoms with Gasteiger partial charge in [0.2, 0.25) is 5.91 Å².